The molecule has 3 atom stereocenters. The lowest BCUT2D eigenvalue weighted by molar-refractivity contribution is -0.119. The van der Waals surface area contributed by atoms with Crippen molar-refractivity contribution in [2.45, 2.75) is 38.8 Å². The van der Waals surface area contributed by atoms with Gasteiger partial charge in [0.1, 0.15) is 5.65 Å². The van der Waals surface area contributed by atoms with E-state index in [1.165, 1.54) is 12.5 Å². The number of likely N-dealkylation sites (tertiary alicyclic amines) is 1. The second-order valence-corrected chi connectivity index (χ2v) is 8.75. The largest absolute Gasteiger partial charge is 0.354 e. The molecule has 0 aromatic carbocycles. The van der Waals surface area contributed by atoms with Crippen LogP contribution in [0.2, 0.25) is 0 Å². The third-order valence-electron chi connectivity index (χ3n) is 6.47. The molecule has 3 aromatic rings. The molecular weight excluding hydrogens is 378 g/mol. The summed E-state index contributed by atoms with van der Waals surface area (Å²) in [5.41, 5.74) is 4.35. The Morgan fingerprint density at radius 1 is 1.20 bits per heavy atom. The number of rotatable bonds is 4. The van der Waals surface area contributed by atoms with Gasteiger partial charge in [0, 0.05) is 63.2 Å². The molecule has 30 heavy (non-hydrogen) atoms. The number of fused-ring (bicyclic) bond motifs is 5. The first-order chi connectivity index (χ1) is 14.5. The molecule has 0 radical (unpaired) electrons. The molecule has 0 spiro atoms. The lowest BCUT2D eigenvalue weighted by atomic mass is 9.78. The summed E-state index contributed by atoms with van der Waals surface area (Å²) in [6, 6.07) is 9.67. The molecule has 1 amide bonds. The van der Waals surface area contributed by atoms with Crippen molar-refractivity contribution < 1.29 is 4.79 Å². The quantitative estimate of drug-likeness (QED) is 0.722. The number of amides is 1. The molecule has 1 fully saturated rings. The highest BCUT2D eigenvalue weighted by molar-refractivity contribution is 5.72. The molecule has 2 aliphatic heterocycles. The van der Waals surface area contributed by atoms with E-state index >= 15 is 0 Å². The summed E-state index contributed by atoms with van der Waals surface area (Å²) in [5, 5.41) is 2.94. The van der Waals surface area contributed by atoms with Gasteiger partial charge in [-0.25, -0.2) is 4.98 Å². The monoisotopic (exact) mass is 405 g/mol. The predicted octanol–water partition coefficient (Wildman–Crippen LogP) is 2.10. The number of hydrogen-bond donors (Lipinski definition) is 1. The molecule has 1 saturated heterocycles. The lowest BCUT2D eigenvalue weighted by Crippen LogP contribution is -2.51. The van der Waals surface area contributed by atoms with Gasteiger partial charge in [-0.1, -0.05) is 12.1 Å². The molecule has 3 aromatic heterocycles. The summed E-state index contributed by atoms with van der Waals surface area (Å²) in [6.45, 7) is 6.70. The maximum atomic E-state index is 12.7. The first-order valence-corrected chi connectivity index (χ1v) is 10.6. The van der Waals surface area contributed by atoms with Crippen molar-refractivity contribution >= 4 is 11.6 Å². The van der Waals surface area contributed by atoms with Gasteiger partial charge in [-0.15, -0.1) is 0 Å². The second-order valence-electron chi connectivity index (χ2n) is 8.75. The maximum absolute atomic E-state index is 12.7. The topological polar surface area (TPSA) is 71.6 Å². The number of imidazole rings is 1. The number of carbonyl (C=O) groups is 1. The van der Waals surface area contributed by atoms with Gasteiger partial charge in [0.25, 0.3) is 5.56 Å². The average molecular weight is 406 g/mol. The van der Waals surface area contributed by atoms with Crippen molar-refractivity contribution in [2.75, 3.05) is 19.6 Å². The van der Waals surface area contributed by atoms with Crippen LogP contribution in [0.25, 0.3) is 5.65 Å². The molecule has 5 heterocycles. The van der Waals surface area contributed by atoms with Gasteiger partial charge in [-0.3, -0.25) is 14.5 Å². The van der Waals surface area contributed by atoms with Crippen molar-refractivity contribution in [1.82, 2.24) is 24.2 Å². The summed E-state index contributed by atoms with van der Waals surface area (Å²) in [5.74, 6) is 0.586. The first kappa shape index (κ1) is 19.1. The SMILES string of the molecule is CC(=O)NC[C@H]1[C@H]2C[C@H](CN(Cc3cn4cc(C)ccc4n3)C2)c2cccc(=O)n21. The molecule has 2 bridgehead atoms. The van der Waals surface area contributed by atoms with Crippen LogP contribution in [0.15, 0.2) is 47.5 Å². The van der Waals surface area contributed by atoms with E-state index < -0.39 is 0 Å². The molecule has 2 aliphatic rings. The Morgan fingerprint density at radius 3 is 2.90 bits per heavy atom. The standard InChI is InChI=1S/C23H27N5O2/c1-15-6-7-22-25-19(14-27(22)10-15)13-26-11-17-8-18(12-26)21(9-24-16(2)29)28-20(17)4-3-5-23(28)30/h3-7,10,14,17-18,21H,8-9,11-13H2,1-2H3,(H,24,29)/t17-,18+,21+/m1/s1. The Balaban J connectivity index is 1.43. The first-order valence-electron chi connectivity index (χ1n) is 10.6. The third-order valence-corrected chi connectivity index (χ3v) is 6.47. The zero-order chi connectivity index (χ0) is 20.8. The highest BCUT2D eigenvalue weighted by atomic mass is 16.1. The zero-order valence-electron chi connectivity index (χ0n) is 17.4. The van der Waals surface area contributed by atoms with Crippen LogP contribution >= 0.6 is 0 Å². The summed E-state index contributed by atoms with van der Waals surface area (Å²) < 4.78 is 4.02. The van der Waals surface area contributed by atoms with Crippen LogP contribution in [-0.2, 0) is 11.3 Å². The Bertz CT molecular complexity index is 1160. The van der Waals surface area contributed by atoms with Crippen molar-refractivity contribution in [3.8, 4) is 0 Å². The highest BCUT2D eigenvalue weighted by Crippen LogP contribution is 2.41. The fraction of sp³-hybridized carbons (Fsp3) is 0.435. The Morgan fingerprint density at radius 2 is 2.07 bits per heavy atom. The van der Waals surface area contributed by atoms with Gasteiger partial charge in [-0.05, 0) is 37.0 Å². The molecule has 1 N–H and O–H groups in total. The van der Waals surface area contributed by atoms with Crippen LogP contribution < -0.4 is 10.9 Å². The van der Waals surface area contributed by atoms with E-state index in [0.29, 0.717) is 18.4 Å². The van der Waals surface area contributed by atoms with E-state index in [1.54, 1.807) is 6.07 Å². The molecule has 0 aliphatic carbocycles. The van der Waals surface area contributed by atoms with Crippen LogP contribution in [0, 0.1) is 12.8 Å². The number of nitrogens with one attached hydrogen (secondary N) is 1. The van der Waals surface area contributed by atoms with Gasteiger partial charge in [0.15, 0.2) is 0 Å². The molecule has 0 saturated carbocycles. The molecule has 7 heteroatoms. The van der Waals surface area contributed by atoms with Crippen LogP contribution in [0.1, 0.15) is 42.3 Å². The van der Waals surface area contributed by atoms with Crippen molar-refractivity contribution in [3.05, 3.63) is 70.0 Å². The van der Waals surface area contributed by atoms with Crippen molar-refractivity contribution in [3.63, 3.8) is 0 Å². The zero-order valence-corrected chi connectivity index (χ0v) is 17.4. The third kappa shape index (κ3) is 3.43. The number of carbonyl (C=O) groups excluding carboxylic acids is 1. The average Bonchev–Trinajstić information content (AvgIpc) is 3.09. The van der Waals surface area contributed by atoms with Crippen LogP contribution in [0.4, 0.5) is 0 Å². The van der Waals surface area contributed by atoms with Crippen molar-refractivity contribution in [1.29, 1.82) is 0 Å². The number of piperidine rings is 1. The number of nitrogens with zero attached hydrogens (tertiary/aromatic N) is 4. The van der Waals surface area contributed by atoms with E-state index in [4.69, 9.17) is 4.98 Å². The highest BCUT2D eigenvalue weighted by Gasteiger charge is 2.40. The van der Waals surface area contributed by atoms with Gasteiger partial charge in [0.05, 0.1) is 11.7 Å². The van der Waals surface area contributed by atoms with E-state index in [2.05, 4.69) is 52.1 Å². The summed E-state index contributed by atoms with van der Waals surface area (Å²) in [7, 11) is 0. The van der Waals surface area contributed by atoms with E-state index in [1.807, 2.05) is 10.6 Å². The van der Waals surface area contributed by atoms with Gasteiger partial charge in [0.2, 0.25) is 5.91 Å². The van der Waals surface area contributed by atoms with Crippen LogP contribution in [0.3, 0.4) is 0 Å². The minimum atomic E-state index is -0.0599. The number of hydrogen-bond acceptors (Lipinski definition) is 4. The molecule has 7 nitrogen and oxygen atoms in total. The summed E-state index contributed by atoms with van der Waals surface area (Å²) in [4.78, 5) is 31.5. The summed E-state index contributed by atoms with van der Waals surface area (Å²) >= 11 is 0. The fourth-order valence-corrected chi connectivity index (χ4v) is 5.24. The van der Waals surface area contributed by atoms with Crippen LogP contribution in [0.5, 0.6) is 0 Å². The number of pyridine rings is 2. The van der Waals surface area contributed by atoms with E-state index in [9.17, 15) is 9.59 Å². The smallest absolute Gasteiger partial charge is 0.251 e. The normalized spacial score (nSPS) is 23.3. The lowest BCUT2D eigenvalue weighted by Gasteiger charge is -2.47. The molecule has 0 unspecified atom stereocenters. The Hall–Kier alpha value is -2.93. The van der Waals surface area contributed by atoms with E-state index in [-0.39, 0.29) is 17.5 Å². The predicted molar refractivity (Wildman–Crippen MR) is 114 cm³/mol. The maximum Gasteiger partial charge on any atom is 0.251 e. The second kappa shape index (κ2) is 7.40. The van der Waals surface area contributed by atoms with Gasteiger partial charge < -0.3 is 14.3 Å². The van der Waals surface area contributed by atoms with Crippen LogP contribution in [-0.4, -0.2) is 44.4 Å². The minimum absolute atomic E-state index is 0.0135. The van der Waals surface area contributed by atoms with E-state index in [0.717, 1.165) is 43.1 Å². The van der Waals surface area contributed by atoms with Gasteiger partial charge >= 0.3 is 0 Å². The number of aromatic nitrogens is 3. The van der Waals surface area contributed by atoms with Crippen molar-refractivity contribution in [2.24, 2.45) is 5.92 Å². The summed E-state index contributed by atoms with van der Waals surface area (Å²) in [6.07, 6.45) is 5.26. The fourth-order valence-electron chi connectivity index (χ4n) is 5.24. The molecular formula is C23H27N5O2. The minimum Gasteiger partial charge on any atom is -0.354 e. The Kier molecular flexibility index (Phi) is 4.70. The molecule has 5 rings (SSSR count). The Labute approximate surface area is 175 Å². The van der Waals surface area contributed by atoms with Gasteiger partial charge in [-0.2, -0.15) is 0 Å². The number of aryl methyl sites for hydroxylation is 1. The molecule has 156 valence electrons.